The average molecular weight is 290 g/mol. The maximum atomic E-state index is 12.6. The van der Waals surface area contributed by atoms with Crippen molar-refractivity contribution < 1.29 is 9.90 Å². The van der Waals surface area contributed by atoms with Crippen LogP contribution in [0.25, 0.3) is 0 Å². The number of aliphatic hydroxyl groups excluding tert-OH is 1. The summed E-state index contributed by atoms with van der Waals surface area (Å²) in [5.41, 5.74) is 2.85. The largest absolute Gasteiger partial charge is 0.396 e. The van der Waals surface area contributed by atoms with Gasteiger partial charge in [-0.3, -0.25) is 4.79 Å². The molecule has 0 radical (unpaired) electrons. The Bertz CT molecular complexity index is 488. The van der Waals surface area contributed by atoms with E-state index in [1.807, 2.05) is 30.0 Å². The first-order chi connectivity index (χ1) is 10.2. The Morgan fingerprint density at radius 2 is 2.29 bits per heavy atom. The summed E-state index contributed by atoms with van der Waals surface area (Å²) in [4.78, 5) is 14.5. The summed E-state index contributed by atoms with van der Waals surface area (Å²) in [5, 5.41) is 12.6. The second kappa shape index (κ2) is 7.46. The molecule has 1 amide bonds. The van der Waals surface area contributed by atoms with Crippen molar-refractivity contribution in [3.8, 4) is 0 Å². The number of anilines is 1. The molecule has 1 saturated heterocycles. The fraction of sp³-hybridized carbons (Fsp3) is 0.588. The maximum absolute atomic E-state index is 12.6. The zero-order valence-electron chi connectivity index (χ0n) is 13.1. The second-order valence-electron chi connectivity index (χ2n) is 5.90. The van der Waals surface area contributed by atoms with Crippen LogP contribution in [0.1, 0.15) is 42.1 Å². The number of nitrogens with zero attached hydrogens (tertiary/aromatic N) is 1. The van der Waals surface area contributed by atoms with Crippen LogP contribution in [0.5, 0.6) is 0 Å². The lowest BCUT2D eigenvalue weighted by atomic mass is 9.97. The van der Waals surface area contributed by atoms with E-state index in [1.54, 1.807) is 0 Å². The van der Waals surface area contributed by atoms with Gasteiger partial charge in [0.1, 0.15) is 0 Å². The van der Waals surface area contributed by atoms with Gasteiger partial charge in [-0.2, -0.15) is 0 Å². The maximum Gasteiger partial charge on any atom is 0.254 e. The van der Waals surface area contributed by atoms with E-state index in [4.69, 9.17) is 0 Å². The fourth-order valence-electron chi connectivity index (χ4n) is 2.85. The number of carbonyl (C=O) groups is 1. The summed E-state index contributed by atoms with van der Waals surface area (Å²) < 4.78 is 0. The van der Waals surface area contributed by atoms with Gasteiger partial charge in [0.25, 0.3) is 5.91 Å². The fourth-order valence-corrected chi connectivity index (χ4v) is 2.85. The molecule has 1 fully saturated rings. The molecule has 4 nitrogen and oxygen atoms in total. The molecule has 1 unspecified atom stereocenters. The molecule has 2 rings (SSSR count). The van der Waals surface area contributed by atoms with Crippen LogP contribution in [0.4, 0.5) is 5.69 Å². The van der Waals surface area contributed by atoms with Crippen molar-refractivity contribution in [3.05, 3.63) is 29.3 Å². The molecular formula is C17H26N2O2. The first kappa shape index (κ1) is 15.8. The number of piperidine rings is 1. The summed E-state index contributed by atoms with van der Waals surface area (Å²) in [6.45, 7) is 6.69. The molecule has 0 spiro atoms. The molecule has 1 aromatic rings. The molecule has 0 saturated carbocycles. The van der Waals surface area contributed by atoms with Crippen LogP contribution in [0.15, 0.2) is 18.2 Å². The highest BCUT2D eigenvalue weighted by Crippen LogP contribution is 2.21. The second-order valence-corrected chi connectivity index (χ2v) is 5.90. The van der Waals surface area contributed by atoms with Gasteiger partial charge < -0.3 is 15.3 Å². The Labute approximate surface area is 127 Å². The summed E-state index contributed by atoms with van der Waals surface area (Å²) >= 11 is 0. The SMILES string of the molecule is CCCNc1ccc(C(=O)N2CCCC(CO)C2)c(C)c1. The minimum atomic E-state index is 0.0905. The molecule has 2 N–H and O–H groups in total. The van der Waals surface area contributed by atoms with E-state index in [0.29, 0.717) is 6.54 Å². The number of nitrogens with one attached hydrogen (secondary N) is 1. The Morgan fingerprint density at radius 1 is 1.48 bits per heavy atom. The van der Waals surface area contributed by atoms with Gasteiger partial charge in [0.2, 0.25) is 0 Å². The number of amides is 1. The van der Waals surface area contributed by atoms with Gasteiger partial charge in [0.15, 0.2) is 0 Å². The lowest BCUT2D eigenvalue weighted by Crippen LogP contribution is -2.41. The van der Waals surface area contributed by atoms with Crippen LogP contribution < -0.4 is 5.32 Å². The topological polar surface area (TPSA) is 52.6 Å². The Hall–Kier alpha value is -1.55. The number of hydrogen-bond donors (Lipinski definition) is 2. The van der Waals surface area contributed by atoms with Gasteiger partial charge in [0.05, 0.1) is 0 Å². The molecule has 1 aromatic carbocycles. The van der Waals surface area contributed by atoms with Crippen molar-refractivity contribution in [1.29, 1.82) is 0 Å². The number of aliphatic hydroxyl groups is 1. The van der Waals surface area contributed by atoms with Crippen molar-refractivity contribution in [2.75, 3.05) is 31.6 Å². The number of benzene rings is 1. The van der Waals surface area contributed by atoms with E-state index in [1.165, 1.54) is 0 Å². The van der Waals surface area contributed by atoms with Gasteiger partial charge >= 0.3 is 0 Å². The van der Waals surface area contributed by atoms with Crippen molar-refractivity contribution in [1.82, 2.24) is 4.90 Å². The normalized spacial score (nSPS) is 18.6. The minimum Gasteiger partial charge on any atom is -0.396 e. The van der Waals surface area contributed by atoms with Crippen LogP contribution in [-0.4, -0.2) is 42.2 Å². The van der Waals surface area contributed by atoms with E-state index in [9.17, 15) is 9.90 Å². The molecule has 21 heavy (non-hydrogen) atoms. The van der Waals surface area contributed by atoms with E-state index >= 15 is 0 Å². The van der Waals surface area contributed by atoms with Gasteiger partial charge in [0, 0.05) is 37.5 Å². The number of rotatable bonds is 5. The Kier molecular flexibility index (Phi) is 5.62. The highest BCUT2D eigenvalue weighted by molar-refractivity contribution is 5.96. The molecule has 4 heteroatoms. The van der Waals surface area contributed by atoms with Crippen LogP contribution >= 0.6 is 0 Å². The first-order valence-electron chi connectivity index (χ1n) is 7.90. The predicted octanol–water partition coefficient (Wildman–Crippen LogP) is 2.66. The highest BCUT2D eigenvalue weighted by Gasteiger charge is 2.24. The minimum absolute atomic E-state index is 0.0905. The third-order valence-corrected chi connectivity index (χ3v) is 4.10. The van der Waals surface area contributed by atoms with Crippen LogP contribution in [0.2, 0.25) is 0 Å². The van der Waals surface area contributed by atoms with Crippen molar-refractivity contribution in [2.45, 2.75) is 33.1 Å². The summed E-state index contributed by atoms with van der Waals surface area (Å²) in [6, 6.07) is 5.93. The molecule has 0 bridgehead atoms. The summed E-state index contributed by atoms with van der Waals surface area (Å²) in [5.74, 6) is 0.321. The zero-order chi connectivity index (χ0) is 15.2. The predicted molar refractivity (Wildman–Crippen MR) is 85.7 cm³/mol. The molecule has 1 aliphatic rings. The van der Waals surface area contributed by atoms with E-state index < -0.39 is 0 Å². The lowest BCUT2D eigenvalue weighted by molar-refractivity contribution is 0.0620. The molecule has 0 aliphatic carbocycles. The van der Waals surface area contributed by atoms with E-state index in [2.05, 4.69) is 12.2 Å². The van der Waals surface area contributed by atoms with Crippen molar-refractivity contribution in [2.24, 2.45) is 5.92 Å². The van der Waals surface area contributed by atoms with Crippen LogP contribution in [0.3, 0.4) is 0 Å². The summed E-state index contributed by atoms with van der Waals surface area (Å²) in [6.07, 6.45) is 3.07. The number of carbonyl (C=O) groups excluding carboxylic acids is 1. The molecule has 0 aromatic heterocycles. The lowest BCUT2D eigenvalue weighted by Gasteiger charge is -2.32. The molecule has 1 atom stereocenters. The van der Waals surface area contributed by atoms with E-state index in [0.717, 1.165) is 49.2 Å². The zero-order valence-corrected chi connectivity index (χ0v) is 13.1. The molecular weight excluding hydrogens is 264 g/mol. The van der Waals surface area contributed by atoms with Gasteiger partial charge in [-0.15, -0.1) is 0 Å². The smallest absolute Gasteiger partial charge is 0.254 e. The monoisotopic (exact) mass is 290 g/mol. The standard InChI is InChI=1S/C17H26N2O2/c1-3-8-18-15-6-7-16(13(2)10-15)17(21)19-9-4-5-14(11-19)12-20/h6-7,10,14,18,20H,3-5,8-9,11-12H2,1-2H3. The average Bonchev–Trinajstić information content (AvgIpc) is 2.52. The highest BCUT2D eigenvalue weighted by atomic mass is 16.3. The van der Waals surface area contributed by atoms with Gasteiger partial charge in [-0.05, 0) is 55.9 Å². The van der Waals surface area contributed by atoms with Crippen LogP contribution in [-0.2, 0) is 0 Å². The van der Waals surface area contributed by atoms with Crippen LogP contribution in [0, 0.1) is 12.8 Å². The number of aryl methyl sites for hydroxylation is 1. The first-order valence-corrected chi connectivity index (χ1v) is 7.90. The molecule has 1 aliphatic heterocycles. The molecule has 1 heterocycles. The number of likely N-dealkylation sites (tertiary alicyclic amines) is 1. The Morgan fingerprint density at radius 3 is 2.95 bits per heavy atom. The molecule has 116 valence electrons. The quantitative estimate of drug-likeness (QED) is 0.876. The third kappa shape index (κ3) is 3.97. The van der Waals surface area contributed by atoms with Crippen molar-refractivity contribution >= 4 is 11.6 Å². The van der Waals surface area contributed by atoms with Gasteiger partial charge in [-0.25, -0.2) is 0 Å². The van der Waals surface area contributed by atoms with Gasteiger partial charge in [-0.1, -0.05) is 6.92 Å². The third-order valence-electron chi connectivity index (χ3n) is 4.10. The Balaban J connectivity index is 2.08. The van der Waals surface area contributed by atoms with Crippen molar-refractivity contribution in [3.63, 3.8) is 0 Å². The number of hydrogen-bond acceptors (Lipinski definition) is 3. The van der Waals surface area contributed by atoms with E-state index in [-0.39, 0.29) is 18.4 Å². The summed E-state index contributed by atoms with van der Waals surface area (Å²) in [7, 11) is 0.